The Morgan fingerprint density at radius 1 is 1.23 bits per heavy atom. The highest BCUT2D eigenvalue weighted by Gasteiger charge is 2.14. The standard InChI is InChI=1S/C18H21NO2S/c1-20-17-7-2-3-8-18(17)22-16-6-4-5-14(12-16)11-15-13-19-9-10-21-15/h2-8,12,15,19H,9-11,13H2,1H3/t15-/m0/s1. The summed E-state index contributed by atoms with van der Waals surface area (Å²) >= 11 is 1.73. The minimum Gasteiger partial charge on any atom is -0.496 e. The van der Waals surface area contributed by atoms with Crippen LogP contribution < -0.4 is 10.1 Å². The molecule has 0 saturated carbocycles. The van der Waals surface area contributed by atoms with Crippen molar-refractivity contribution in [3.05, 3.63) is 54.1 Å². The molecule has 0 bridgehead atoms. The van der Waals surface area contributed by atoms with E-state index in [-0.39, 0.29) is 6.10 Å². The number of ether oxygens (including phenoxy) is 2. The molecular formula is C18H21NO2S. The molecular weight excluding hydrogens is 294 g/mol. The van der Waals surface area contributed by atoms with Gasteiger partial charge < -0.3 is 14.8 Å². The van der Waals surface area contributed by atoms with Crippen LogP contribution in [0.2, 0.25) is 0 Å². The molecule has 1 aliphatic heterocycles. The summed E-state index contributed by atoms with van der Waals surface area (Å²) in [6, 6.07) is 16.8. The smallest absolute Gasteiger partial charge is 0.132 e. The van der Waals surface area contributed by atoms with Gasteiger partial charge in [-0.15, -0.1) is 0 Å². The molecule has 1 saturated heterocycles. The van der Waals surface area contributed by atoms with Crippen LogP contribution in [0.25, 0.3) is 0 Å². The fraction of sp³-hybridized carbons (Fsp3) is 0.333. The number of morpholine rings is 1. The largest absolute Gasteiger partial charge is 0.496 e. The van der Waals surface area contributed by atoms with E-state index in [1.807, 2.05) is 18.2 Å². The van der Waals surface area contributed by atoms with Crippen molar-refractivity contribution >= 4 is 11.8 Å². The highest BCUT2D eigenvalue weighted by atomic mass is 32.2. The molecule has 1 heterocycles. The van der Waals surface area contributed by atoms with Gasteiger partial charge in [0.1, 0.15) is 5.75 Å². The number of benzene rings is 2. The van der Waals surface area contributed by atoms with E-state index in [0.29, 0.717) is 0 Å². The van der Waals surface area contributed by atoms with E-state index in [4.69, 9.17) is 9.47 Å². The summed E-state index contributed by atoms with van der Waals surface area (Å²) in [5.74, 6) is 0.915. The Bertz CT molecular complexity index is 612. The first-order valence-electron chi connectivity index (χ1n) is 7.57. The van der Waals surface area contributed by atoms with Gasteiger partial charge in [-0.2, -0.15) is 0 Å². The van der Waals surface area contributed by atoms with Gasteiger partial charge in [0.2, 0.25) is 0 Å². The van der Waals surface area contributed by atoms with Crippen molar-refractivity contribution in [2.24, 2.45) is 0 Å². The van der Waals surface area contributed by atoms with E-state index in [0.717, 1.165) is 36.8 Å². The molecule has 0 amide bonds. The van der Waals surface area contributed by atoms with E-state index in [9.17, 15) is 0 Å². The van der Waals surface area contributed by atoms with E-state index in [1.165, 1.54) is 10.5 Å². The number of methoxy groups -OCH3 is 1. The second kappa shape index (κ2) is 7.68. The molecule has 0 spiro atoms. The molecule has 1 fully saturated rings. The van der Waals surface area contributed by atoms with Crippen LogP contribution in [0.15, 0.2) is 58.3 Å². The Morgan fingerprint density at radius 3 is 2.95 bits per heavy atom. The van der Waals surface area contributed by atoms with E-state index in [1.54, 1.807) is 18.9 Å². The van der Waals surface area contributed by atoms with Crippen LogP contribution in [0.1, 0.15) is 5.56 Å². The molecule has 0 aromatic heterocycles. The predicted molar refractivity (Wildman–Crippen MR) is 89.9 cm³/mol. The van der Waals surface area contributed by atoms with Gasteiger partial charge >= 0.3 is 0 Å². The zero-order chi connectivity index (χ0) is 15.2. The molecule has 3 rings (SSSR count). The quantitative estimate of drug-likeness (QED) is 0.916. The fourth-order valence-electron chi connectivity index (χ4n) is 2.58. The third-order valence-corrected chi connectivity index (χ3v) is 4.71. The molecule has 0 aliphatic carbocycles. The topological polar surface area (TPSA) is 30.5 Å². The van der Waals surface area contributed by atoms with Crippen LogP contribution >= 0.6 is 11.8 Å². The molecule has 1 aliphatic rings. The van der Waals surface area contributed by atoms with Crippen LogP contribution in [-0.2, 0) is 11.2 Å². The normalized spacial score (nSPS) is 18.1. The zero-order valence-corrected chi connectivity index (χ0v) is 13.6. The Labute approximate surface area is 136 Å². The Hall–Kier alpha value is -1.49. The van der Waals surface area contributed by atoms with E-state index < -0.39 is 0 Å². The van der Waals surface area contributed by atoms with Gasteiger partial charge in [0, 0.05) is 18.0 Å². The molecule has 3 nitrogen and oxygen atoms in total. The summed E-state index contributed by atoms with van der Waals surface area (Å²) in [4.78, 5) is 2.36. The van der Waals surface area contributed by atoms with Gasteiger partial charge in [-0.3, -0.25) is 0 Å². The molecule has 0 radical (unpaired) electrons. The zero-order valence-electron chi connectivity index (χ0n) is 12.7. The average Bonchev–Trinajstić information content (AvgIpc) is 2.57. The highest BCUT2D eigenvalue weighted by molar-refractivity contribution is 7.99. The second-order valence-electron chi connectivity index (χ2n) is 5.30. The third-order valence-electron chi connectivity index (χ3n) is 3.66. The molecule has 116 valence electrons. The van der Waals surface area contributed by atoms with Crippen molar-refractivity contribution in [2.45, 2.75) is 22.3 Å². The molecule has 1 N–H and O–H groups in total. The number of nitrogens with one attached hydrogen (secondary N) is 1. The molecule has 1 atom stereocenters. The van der Waals surface area contributed by atoms with Crippen molar-refractivity contribution in [2.75, 3.05) is 26.8 Å². The van der Waals surface area contributed by atoms with Crippen LogP contribution in [0.5, 0.6) is 5.75 Å². The predicted octanol–water partition coefficient (Wildman–Crippen LogP) is 3.38. The minimum absolute atomic E-state index is 0.278. The molecule has 0 unspecified atom stereocenters. The van der Waals surface area contributed by atoms with Crippen molar-refractivity contribution < 1.29 is 9.47 Å². The summed E-state index contributed by atoms with van der Waals surface area (Å²) < 4.78 is 11.2. The van der Waals surface area contributed by atoms with Crippen molar-refractivity contribution in [1.29, 1.82) is 0 Å². The minimum atomic E-state index is 0.278. The summed E-state index contributed by atoms with van der Waals surface area (Å²) in [6.45, 7) is 2.70. The Kier molecular flexibility index (Phi) is 5.38. The molecule has 22 heavy (non-hydrogen) atoms. The lowest BCUT2D eigenvalue weighted by atomic mass is 10.1. The van der Waals surface area contributed by atoms with Gasteiger partial charge in [-0.25, -0.2) is 0 Å². The summed E-state index contributed by atoms with van der Waals surface area (Å²) in [6.07, 6.45) is 1.23. The first kappa shape index (κ1) is 15.4. The first-order valence-corrected chi connectivity index (χ1v) is 8.39. The maximum Gasteiger partial charge on any atom is 0.132 e. The third kappa shape index (κ3) is 4.03. The number of para-hydroxylation sites is 1. The maximum atomic E-state index is 5.79. The van der Waals surface area contributed by atoms with Gasteiger partial charge in [-0.05, 0) is 36.2 Å². The first-order chi connectivity index (χ1) is 10.8. The second-order valence-corrected chi connectivity index (χ2v) is 6.42. The molecule has 2 aromatic rings. The van der Waals surface area contributed by atoms with Crippen LogP contribution in [0.4, 0.5) is 0 Å². The van der Waals surface area contributed by atoms with Crippen molar-refractivity contribution in [1.82, 2.24) is 5.32 Å². The van der Waals surface area contributed by atoms with Crippen molar-refractivity contribution in [3.63, 3.8) is 0 Å². The molecule has 2 aromatic carbocycles. The van der Waals surface area contributed by atoms with E-state index in [2.05, 4.69) is 35.6 Å². The van der Waals surface area contributed by atoms with Crippen molar-refractivity contribution in [3.8, 4) is 5.75 Å². The SMILES string of the molecule is COc1ccccc1Sc1cccc(C[C@H]2CNCCO2)c1. The van der Waals surface area contributed by atoms with Gasteiger partial charge in [0.25, 0.3) is 0 Å². The fourth-order valence-corrected chi connectivity index (χ4v) is 3.59. The number of hydrogen-bond acceptors (Lipinski definition) is 4. The van der Waals surface area contributed by atoms with Gasteiger partial charge in [-0.1, -0.05) is 36.0 Å². The summed E-state index contributed by atoms with van der Waals surface area (Å²) in [5, 5.41) is 3.38. The van der Waals surface area contributed by atoms with Gasteiger partial charge in [0.15, 0.2) is 0 Å². The Balaban J connectivity index is 1.70. The Morgan fingerprint density at radius 2 is 2.14 bits per heavy atom. The molecule has 4 heteroatoms. The number of hydrogen-bond donors (Lipinski definition) is 1. The lowest BCUT2D eigenvalue weighted by molar-refractivity contribution is 0.0292. The monoisotopic (exact) mass is 315 g/mol. The van der Waals surface area contributed by atoms with Crippen LogP contribution in [0.3, 0.4) is 0 Å². The maximum absolute atomic E-state index is 5.79. The average molecular weight is 315 g/mol. The van der Waals surface area contributed by atoms with Crippen LogP contribution in [-0.4, -0.2) is 32.9 Å². The lowest BCUT2D eigenvalue weighted by Crippen LogP contribution is -2.39. The van der Waals surface area contributed by atoms with Crippen LogP contribution in [0, 0.1) is 0 Å². The summed E-state index contributed by atoms with van der Waals surface area (Å²) in [5.41, 5.74) is 1.31. The van der Waals surface area contributed by atoms with E-state index >= 15 is 0 Å². The number of rotatable bonds is 5. The van der Waals surface area contributed by atoms with Gasteiger partial charge in [0.05, 0.1) is 24.7 Å². The highest BCUT2D eigenvalue weighted by Crippen LogP contribution is 2.34. The lowest BCUT2D eigenvalue weighted by Gasteiger charge is -2.23. The summed E-state index contributed by atoms with van der Waals surface area (Å²) in [7, 11) is 1.71.